The Morgan fingerprint density at radius 1 is 1.18 bits per heavy atom. The second kappa shape index (κ2) is 9.62. The van der Waals surface area contributed by atoms with Crippen molar-refractivity contribution in [2.75, 3.05) is 20.8 Å². The van der Waals surface area contributed by atoms with E-state index in [9.17, 15) is 4.79 Å². The molecule has 0 radical (unpaired) electrons. The summed E-state index contributed by atoms with van der Waals surface area (Å²) in [5, 5.41) is 2.93. The molecule has 0 atom stereocenters. The predicted molar refractivity (Wildman–Crippen MR) is 72.2 cm³/mol. The third-order valence-corrected chi connectivity index (χ3v) is 5.91. The van der Waals surface area contributed by atoms with E-state index in [4.69, 9.17) is 8.85 Å². The maximum atomic E-state index is 11.6. The summed E-state index contributed by atoms with van der Waals surface area (Å²) >= 11 is 0. The van der Waals surface area contributed by atoms with Gasteiger partial charge in [0.1, 0.15) is 0 Å². The molecule has 0 aliphatic heterocycles. The molecule has 102 valence electrons. The summed E-state index contributed by atoms with van der Waals surface area (Å²) in [6.07, 6.45) is 5.23. The Morgan fingerprint density at radius 2 is 1.82 bits per heavy atom. The lowest BCUT2D eigenvalue weighted by atomic mass is 10.2. The number of hydrogen-bond acceptors (Lipinski definition) is 3. The molecule has 0 bridgehead atoms. The van der Waals surface area contributed by atoms with E-state index in [0.717, 1.165) is 13.0 Å². The van der Waals surface area contributed by atoms with Crippen LogP contribution in [0.3, 0.4) is 0 Å². The zero-order chi connectivity index (χ0) is 13.1. The predicted octanol–water partition coefficient (Wildman–Crippen LogP) is 2.44. The van der Waals surface area contributed by atoms with Gasteiger partial charge in [-0.1, -0.05) is 26.2 Å². The van der Waals surface area contributed by atoms with Crippen LogP contribution in [0, 0.1) is 0 Å². The van der Waals surface area contributed by atoms with Gasteiger partial charge in [-0.25, -0.2) is 0 Å². The summed E-state index contributed by atoms with van der Waals surface area (Å²) in [7, 11) is 1.22. The lowest BCUT2D eigenvalue weighted by Gasteiger charge is -2.22. The fraction of sp³-hybridized carbons (Fsp3) is 0.917. The SMILES string of the molecule is CCCCCCNC(=O)CC[Si](C)(OC)OC. The first-order valence-electron chi connectivity index (χ1n) is 6.45. The molecule has 0 aliphatic rings. The molecular weight excluding hydrogens is 234 g/mol. The molecule has 0 rings (SSSR count). The molecule has 4 nitrogen and oxygen atoms in total. The van der Waals surface area contributed by atoms with E-state index < -0.39 is 8.56 Å². The summed E-state index contributed by atoms with van der Waals surface area (Å²) in [6.45, 7) is 4.94. The molecular formula is C12H27NO3Si. The van der Waals surface area contributed by atoms with E-state index in [1.165, 1.54) is 19.3 Å². The molecule has 0 aromatic rings. The van der Waals surface area contributed by atoms with E-state index in [-0.39, 0.29) is 5.91 Å². The van der Waals surface area contributed by atoms with Crippen LogP contribution in [0.5, 0.6) is 0 Å². The van der Waals surface area contributed by atoms with Crippen molar-refractivity contribution in [3.05, 3.63) is 0 Å². The number of unbranched alkanes of at least 4 members (excludes halogenated alkanes) is 3. The number of carbonyl (C=O) groups is 1. The van der Waals surface area contributed by atoms with Gasteiger partial charge in [-0.3, -0.25) is 4.79 Å². The quantitative estimate of drug-likeness (QED) is 0.485. The standard InChI is InChI=1S/C12H27NO3Si/c1-5-6-7-8-10-13-12(14)9-11-17(4,15-2)16-3/h5-11H2,1-4H3,(H,13,14). The van der Waals surface area contributed by atoms with E-state index >= 15 is 0 Å². The van der Waals surface area contributed by atoms with Gasteiger partial charge in [-0.05, 0) is 19.0 Å². The third-order valence-electron chi connectivity index (χ3n) is 3.02. The fourth-order valence-electron chi connectivity index (χ4n) is 1.50. The average Bonchev–Trinajstić information content (AvgIpc) is 2.35. The summed E-state index contributed by atoms with van der Waals surface area (Å²) in [5.74, 6) is 0.106. The Labute approximate surface area is 106 Å². The molecule has 0 saturated heterocycles. The van der Waals surface area contributed by atoms with Crippen LogP contribution in [0.25, 0.3) is 0 Å². The first-order valence-corrected chi connectivity index (χ1v) is 8.97. The second-order valence-corrected chi connectivity index (χ2v) is 8.04. The Bertz CT molecular complexity index is 208. The third kappa shape index (κ3) is 8.35. The van der Waals surface area contributed by atoms with Gasteiger partial charge < -0.3 is 14.2 Å². The van der Waals surface area contributed by atoms with Gasteiger partial charge in [0.2, 0.25) is 5.91 Å². The number of amides is 1. The molecule has 1 amide bonds. The van der Waals surface area contributed by atoms with Crippen LogP contribution in [0.1, 0.15) is 39.0 Å². The number of nitrogens with one attached hydrogen (secondary N) is 1. The lowest BCUT2D eigenvalue weighted by molar-refractivity contribution is -0.120. The van der Waals surface area contributed by atoms with Crippen LogP contribution < -0.4 is 5.32 Å². The van der Waals surface area contributed by atoms with Gasteiger partial charge in [0, 0.05) is 27.2 Å². The molecule has 0 aliphatic carbocycles. The van der Waals surface area contributed by atoms with Crippen molar-refractivity contribution in [2.24, 2.45) is 0 Å². The maximum absolute atomic E-state index is 11.6. The average molecular weight is 261 g/mol. The zero-order valence-corrected chi connectivity index (χ0v) is 12.7. The normalized spacial score (nSPS) is 11.5. The smallest absolute Gasteiger partial charge is 0.334 e. The fourth-order valence-corrected chi connectivity index (χ4v) is 2.75. The minimum Gasteiger partial charge on any atom is -0.398 e. The van der Waals surface area contributed by atoms with E-state index in [1.54, 1.807) is 14.2 Å². The second-order valence-electron chi connectivity index (χ2n) is 4.45. The molecule has 0 aromatic carbocycles. The van der Waals surface area contributed by atoms with Crippen LogP contribution >= 0.6 is 0 Å². The van der Waals surface area contributed by atoms with Crippen molar-refractivity contribution >= 4 is 14.5 Å². The van der Waals surface area contributed by atoms with Gasteiger partial charge in [-0.2, -0.15) is 0 Å². The molecule has 0 unspecified atom stereocenters. The van der Waals surface area contributed by atoms with E-state index in [2.05, 4.69) is 12.2 Å². The van der Waals surface area contributed by atoms with Crippen LogP contribution in [0.15, 0.2) is 0 Å². The Balaban J connectivity index is 3.59. The minimum absolute atomic E-state index is 0.106. The number of rotatable bonds is 10. The van der Waals surface area contributed by atoms with Crippen molar-refractivity contribution in [3.63, 3.8) is 0 Å². The van der Waals surface area contributed by atoms with Gasteiger partial charge in [0.15, 0.2) is 0 Å². The van der Waals surface area contributed by atoms with Crippen molar-refractivity contribution in [1.29, 1.82) is 0 Å². The molecule has 0 saturated carbocycles. The van der Waals surface area contributed by atoms with Gasteiger partial charge in [0.25, 0.3) is 0 Å². The highest BCUT2D eigenvalue weighted by molar-refractivity contribution is 6.66. The minimum atomic E-state index is -2.08. The highest BCUT2D eigenvalue weighted by Gasteiger charge is 2.29. The Kier molecular flexibility index (Phi) is 9.40. The van der Waals surface area contributed by atoms with Crippen LogP contribution in [0.4, 0.5) is 0 Å². The maximum Gasteiger partial charge on any atom is 0.334 e. The van der Waals surface area contributed by atoms with Gasteiger partial charge >= 0.3 is 8.56 Å². The monoisotopic (exact) mass is 261 g/mol. The van der Waals surface area contributed by atoms with E-state index in [0.29, 0.717) is 12.5 Å². The summed E-state index contributed by atoms with van der Waals surface area (Å²) < 4.78 is 10.7. The van der Waals surface area contributed by atoms with Crippen molar-refractivity contribution in [1.82, 2.24) is 5.32 Å². The molecule has 17 heavy (non-hydrogen) atoms. The molecule has 0 aromatic heterocycles. The van der Waals surface area contributed by atoms with Gasteiger partial charge in [-0.15, -0.1) is 0 Å². The number of carbonyl (C=O) groups excluding carboxylic acids is 1. The largest absolute Gasteiger partial charge is 0.398 e. The number of hydrogen-bond donors (Lipinski definition) is 1. The summed E-state index contributed by atoms with van der Waals surface area (Å²) in [5.41, 5.74) is 0. The Hall–Kier alpha value is -0.393. The van der Waals surface area contributed by atoms with Crippen molar-refractivity contribution in [2.45, 2.75) is 51.6 Å². The zero-order valence-electron chi connectivity index (χ0n) is 11.7. The summed E-state index contributed by atoms with van der Waals surface area (Å²) in [6, 6.07) is 0.709. The topological polar surface area (TPSA) is 47.6 Å². The van der Waals surface area contributed by atoms with Crippen molar-refractivity contribution in [3.8, 4) is 0 Å². The molecule has 0 spiro atoms. The van der Waals surface area contributed by atoms with Gasteiger partial charge in [0.05, 0.1) is 0 Å². The molecule has 5 heteroatoms. The van der Waals surface area contributed by atoms with E-state index in [1.807, 2.05) is 6.55 Å². The molecule has 0 fully saturated rings. The highest BCUT2D eigenvalue weighted by Crippen LogP contribution is 2.13. The lowest BCUT2D eigenvalue weighted by Crippen LogP contribution is -2.37. The molecule has 1 N–H and O–H groups in total. The van der Waals surface area contributed by atoms with Crippen LogP contribution in [-0.2, 0) is 13.6 Å². The molecule has 0 heterocycles. The highest BCUT2D eigenvalue weighted by atomic mass is 28.4. The van der Waals surface area contributed by atoms with Crippen molar-refractivity contribution < 1.29 is 13.6 Å². The summed E-state index contributed by atoms with van der Waals surface area (Å²) in [4.78, 5) is 11.6. The Morgan fingerprint density at radius 3 is 2.35 bits per heavy atom. The first kappa shape index (κ1) is 16.6. The van der Waals surface area contributed by atoms with Crippen LogP contribution in [0.2, 0.25) is 12.6 Å². The van der Waals surface area contributed by atoms with Crippen LogP contribution in [-0.4, -0.2) is 35.2 Å². The first-order chi connectivity index (χ1) is 8.08.